The molecule has 0 aliphatic carbocycles. The van der Waals surface area contributed by atoms with Crippen LogP contribution in [0.3, 0.4) is 0 Å². The van der Waals surface area contributed by atoms with Gasteiger partial charge in [0.15, 0.2) is 0 Å². The van der Waals surface area contributed by atoms with Crippen LogP contribution < -0.4 is 5.56 Å². The van der Waals surface area contributed by atoms with E-state index in [1.54, 1.807) is 12.1 Å². The smallest absolute Gasteiger partial charge is 0.323 e. The van der Waals surface area contributed by atoms with Crippen molar-refractivity contribution in [3.05, 3.63) is 51.3 Å². The Morgan fingerprint density at radius 1 is 1.33 bits per heavy atom. The van der Waals surface area contributed by atoms with Gasteiger partial charge in [-0.3, -0.25) is 14.2 Å². The van der Waals surface area contributed by atoms with Crippen LogP contribution in [0.15, 0.2) is 40.8 Å². The predicted molar refractivity (Wildman–Crippen MR) is 82.0 cm³/mol. The number of carbonyl (C=O) groups is 1. The van der Waals surface area contributed by atoms with Gasteiger partial charge in [-0.25, -0.2) is 4.98 Å². The van der Waals surface area contributed by atoms with E-state index in [0.717, 1.165) is 15.7 Å². The largest absolute Gasteiger partial charge is 0.480 e. The Kier molecular flexibility index (Phi) is 3.48. The zero-order valence-corrected chi connectivity index (χ0v) is 12.2. The molecule has 1 N–H and O–H groups in total. The van der Waals surface area contributed by atoms with Gasteiger partial charge in [0, 0.05) is 16.0 Å². The van der Waals surface area contributed by atoms with Crippen LogP contribution in [0, 0.1) is 0 Å². The summed E-state index contributed by atoms with van der Waals surface area (Å²) in [5.74, 6) is -1.08. The first kappa shape index (κ1) is 13.8. The molecule has 0 aliphatic rings. The fraction of sp³-hybridized carbons (Fsp3) is 0.0714. The lowest BCUT2D eigenvalue weighted by Gasteiger charge is -2.03. The van der Waals surface area contributed by atoms with E-state index in [4.69, 9.17) is 16.7 Å². The predicted octanol–water partition coefficient (Wildman–Crippen LogP) is 2.86. The monoisotopic (exact) mass is 320 g/mol. The number of carboxylic acids is 1. The van der Waals surface area contributed by atoms with Crippen molar-refractivity contribution in [3.63, 3.8) is 0 Å². The van der Waals surface area contributed by atoms with E-state index in [-0.39, 0.29) is 5.56 Å². The lowest BCUT2D eigenvalue weighted by atomic mass is 10.1. The molecule has 21 heavy (non-hydrogen) atoms. The summed E-state index contributed by atoms with van der Waals surface area (Å²) in [4.78, 5) is 28.0. The molecule has 0 fully saturated rings. The zero-order valence-electron chi connectivity index (χ0n) is 10.6. The number of nitrogens with zero attached hydrogens (tertiary/aromatic N) is 2. The molecule has 1 aromatic carbocycles. The highest BCUT2D eigenvalue weighted by Crippen LogP contribution is 2.31. The molecule has 0 amide bonds. The minimum Gasteiger partial charge on any atom is -0.480 e. The maximum atomic E-state index is 12.4. The molecule has 3 aromatic rings. The third-order valence-corrected chi connectivity index (χ3v) is 4.16. The Hall–Kier alpha value is -2.18. The molecule has 7 heteroatoms. The van der Waals surface area contributed by atoms with Crippen LogP contribution >= 0.6 is 22.9 Å². The Morgan fingerprint density at radius 3 is 2.71 bits per heavy atom. The summed E-state index contributed by atoms with van der Waals surface area (Å²) in [6.07, 6.45) is 1.26. The number of rotatable bonds is 3. The van der Waals surface area contributed by atoms with E-state index in [1.807, 2.05) is 17.5 Å². The minimum absolute atomic E-state index is 0.353. The van der Waals surface area contributed by atoms with Gasteiger partial charge in [-0.1, -0.05) is 23.7 Å². The van der Waals surface area contributed by atoms with E-state index in [9.17, 15) is 9.59 Å². The molecule has 0 saturated carbocycles. The summed E-state index contributed by atoms with van der Waals surface area (Å²) >= 11 is 7.21. The number of fused-ring (bicyclic) bond motifs is 1. The summed E-state index contributed by atoms with van der Waals surface area (Å²) in [6.45, 7) is -0.405. The normalized spacial score (nSPS) is 10.9. The maximum absolute atomic E-state index is 12.4. The molecule has 0 radical (unpaired) electrons. The van der Waals surface area contributed by atoms with E-state index in [0.29, 0.717) is 15.2 Å². The van der Waals surface area contributed by atoms with Gasteiger partial charge >= 0.3 is 5.97 Å². The van der Waals surface area contributed by atoms with Gasteiger partial charge in [-0.15, -0.1) is 11.3 Å². The van der Waals surface area contributed by atoms with Crippen molar-refractivity contribution in [2.45, 2.75) is 6.54 Å². The summed E-state index contributed by atoms with van der Waals surface area (Å²) in [5.41, 5.74) is 1.23. The number of benzene rings is 1. The highest BCUT2D eigenvalue weighted by Gasteiger charge is 2.14. The number of carboxylic acid groups (broad SMARTS) is 1. The lowest BCUT2D eigenvalue weighted by molar-refractivity contribution is -0.137. The first-order valence-corrected chi connectivity index (χ1v) is 7.26. The average Bonchev–Trinajstić information content (AvgIpc) is 2.87. The number of aliphatic carboxylic acids is 1. The summed E-state index contributed by atoms with van der Waals surface area (Å²) in [5, 5.41) is 11.7. The Labute approximate surface area is 128 Å². The Morgan fingerprint density at radius 2 is 2.05 bits per heavy atom. The van der Waals surface area contributed by atoms with Gasteiger partial charge in [0.25, 0.3) is 5.56 Å². The molecular weight excluding hydrogens is 312 g/mol. The molecule has 2 aromatic heterocycles. The van der Waals surface area contributed by atoms with Crippen molar-refractivity contribution in [2.75, 3.05) is 0 Å². The summed E-state index contributed by atoms with van der Waals surface area (Å²) in [6, 6.07) is 7.12. The van der Waals surface area contributed by atoms with Crippen molar-refractivity contribution >= 4 is 39.1 Å². The quantitative estimate of drug-likeness (QED) is 0.805. The second-order valence-corrected chi connectivity index (χ2v) is 5.70. The molecule has 0 spiro atoms. The molecular formula is C14H9ClN2O3S. The van der Waals surface area contributed by atoms with Crippen molar-refractivity contribution < 1.29 is 9.90 Å². The van der Waals surface area contributed by atoms with Crippen LogP contribution in [0.1, 0.15) is 0 Å². The highest BCUT2D eigenvalue weighted by molar-refractivity contribution is 7.17. The molecule has 106 valence electrons. The Balaban J connectivity index is 2.22. The number of hydrogen-bond acceptors (Lipinski definition) is 4. The minimum atomic E-state index is -1.08. The molecule has 0 aliphatic heterocycles. The van der Waals surface area contributed by atoms with Crippen molar-refractivity contribution in [1.29, 1.82) is 0 Å². The average molecular weight is 321 g/mol. The third-order valence-electron chi connectivity index (χ3n) is 3.02. The van der Waals surface area contributed by atoms with Crippen LogP contribution in [-0.4, -0.2) is 20.6 Å². The van der Waals surface area contributed by atoms with E-state index >= 15 is 0 Å². The number of halogens is 1. The topological polar surface area (TPSA) is 72.2 Å². The maximum Gasteiger partial charge on any atom is 0.323 e. The SMILES string of the molecule is O=C(O)Cn1cnc2scc(-c3ccc(Cl)cc3)c2c1=O. The van der Waals surface area contributed by atoms with Gasteiger partial charge in [0.05, 0.1) is 11.7 Å². The third kappa shape index (κ3) is 2.55. The van der Waals surface area contributed by atoms with Crippen molar-refractivity contribution in [2.24, 2.45) is 0 Å². The van der Waals surface area contributed by atoms with Gasteiger partial charge in [0.2, 0.25) is 0 Å². The fourth-order valence-corrected chi connectivity index (χ4v) is 3.10. The van der Waals surface area contributed by atoms with Gasteiger partial charge < -0.3 is 5.11 Å². The second-order valence-electron chi connectivity index (χ2n) is 4.41. The molecule has 0 unspecified atom stereocenters. The van der Waals surface area contributed by atoms with Gasteiger partial charge in [-0.2, -0.15) is 0 Å². The molecule has 5 nitrogen and oxygen atoms in total. The van der Waals surface area contributed by atoms with Crippen LogP contribution in [0.25, 0.3) is 21.3 Å². The second kappa shape index (κ2) is 5.31. The van der Waals surface area contributed by atoms with Gasteiger partial charge in [-0.05, 0) is 17.7 Å². The highest BCUT2D eigenvalue weighted by atomic mass is 35.5. The van der Waals surface area contributed by atoms with Gasteiger partial charge in [0.1, 0.15) is 11.4 Å². The van der Waals surface area contributed by atoms with Crippen LogP contribution in [0.5, 0.6) is 0 Å². The van der Waals surface area contributed by atoms with E-state index < -0.39 is 12.5 Å². The first-order chi connectivity index (χ1) is 10.1. The number of aromatic nitrogens is 2. The number of thiophene rings is 1. The fourth-order valence-electron chi connectivity index (χ4n) is 2.07. The molecule has 0 saturated heterocycles. The molecule has 0 atom stereocenters. The standard InChI is InChI=1S/C14H9ClN2O3S/c15-9-3-1-8(2-4-9)10-6-21-13-12(10)14(20)17(7-16-13)5-11(18)19/h1-4,6-7H,5H2,(H,18,19). The lowest BCUT2D eigenvalue weighted by Crippen LogP contribution is -2.24. The van der Waals surface area contributed by atoms with Crippen molar-refractivity contribution in [1.82, 2.24) is 9.55 Å². The van der Waals surface area contributed by atoms with Crippen molar-refractivity contribution in [3.8, 4) is 11.1 Å². The molecule has 0 bridgehead atoms. The van der Waals surface area contributed by atoms with Crippen LogP contribution in [-0.2, 0) is 11.3 Å². The molecule has 2 heterocycles. The Bertz CT molecular complexity index is 883. The van der Waals surface area contributed by atoms with E-state index in [2.05, 4.69) is 4.98 Å². The van der Waals surface area contributed by atoms with E-state index in [1.165, 1.54) is 17.7 Å². The zero-order chi connectivity index (χ0) is 15.0. The summed E-state index contributed by atoms with van der Waals surface area (Å²) < 4.78 is 1.09. The van der Waals surface area contributed by atoms with Crippen LogP contribution in [0.4, 0.5) is 0 Å². The molecule has 3 rings (SSSR count). The number of hydrogen-bond donors (Lipinski definition) is 1. The van der Waals surface area contributed by atoms with Crippen LogP contribution in [0.2, 0.25) is 5.02 Å². The first-order valence-electron chi connectivity index (χ1n) is 6.00. The summed E-state index contributed by atoms with van der Waals surface area (Å²) in [7, 11) is 0.